The fourth-order valence-electron chi connectivity index (χ4n) is 8.40. The number of fused-ring (bicyclic) bond motifs is 12. The number of nitrogens with one attached hydrogen (secondary N) is 1. The van der Waals surface area contributed by atoms with Crippen molar-refractivity contribution in [1.82, 2.24) is 5.32 Å². The normalized spacial score (nSPS) is 16.4. The molecule has 1 spiro atoms. The second-order valence-corrected chi connectivity index (χ2v) is 13.3. The number of benzene rings is 7. The molecule has 0 radical (unpaired) electrons. The first-order chi connectivity index (χ1) is 25.3. The molecule has 1 unspecified atom stereocenters. The SMILES string of the molecule is c1ccc(C2N=C(c3ccc4c(c3)oc3ccccc34)N=C(c3ccc4c(c3)C3(c5ccccc5O4)c4ccccc4-c4ccccc43)N2)cc1. The van der Waals surface area contributed by atoms with Crippen molar-refractivity contribution in [2.45, 2.75) is 11.6 Å². The maximum Gasteiger partial charge on any atom is 0.159 e. The molecule has 5 nitrogen and oxygen atoms in total. The summed E-state index contributed by atoms with van der Waals surface area (Å²) in [6.45, 7) is 0. The van der Waals surface area contributed by atoms with Gasteiger partial charge < -0.3 is 14.5 Å². The quantitative estimate of drug-likeness (QED) is 0.206. The molecule has 7 aromatic carbocycles. The van der Waals surface area contributed by atoms with Crippen LogP contribution in [-0.4, -0.2) is 11.7 Å². The highest BCUT2D eigenvalue weighted by atomic mass is 16.5. The summed E-state index contributed by atoms with van der Waals surface area (Å²) in [4.78, 5) is 10.4. The molecule has 1 N–H and O–H groups in total. The van der Waals surface area contributed by atoms with Crippen molar-refractivity contribution in [2.75, 3.05) is 0 Å². The molecular formula is C46H29N3O2. The van der Waals surface area contributed by atoms with Gasteiger partial charge in [0.15, 0.2) is 5.84 Å². The van der Waals surface area contributed by atoms with Gasteiger partial charge in [-0.05, 0) is 70.3 Å². The number of rotatable bonds is 3. The van der Waals surface area contributed by atoms with E-state index in [0.717, 1.165) is 67.1 Å². The lowest BCUT2D eigenvalue weighted by molar-refractivity contribution is 0.436. The zero-order valence-corrected chi connectivity index (χ0v) is 27.4. The number of para-hydroxylation sites is 2. The Bertz CT molecular complexity index is 2730. The first kappa shape index (κ1) is 28.2. The largest absolute Gasteiger partial charge is 0.457 e. The molecule has 51 heavy (non-hydrogen) atoms. The molecule has 2 aliphatic heterocycles. The van der Waals surface area contributed by atoms with E-state index in [1.54, 1.807) is 0 Å². The van der Waals surface area contributed by atoms with E-state index in [-0.39, 0.29) is 6.17 Å². The summed E-state index contributed by atoms with van der Waals surface area (Å²) in [5.74, 6) is 3.10. The third kappa shape index (κ3) is 4.03. The molecule has 11 rings (SSSR count). The van der Waals surface area contributed by atoms with Crippen LogP contribution in [0.2, 0.25) is 0 Å². The fraction of sp³-hybridized carbons (Fsp3) is 0.0435. The molecule has 1 atom stereocenters. The monoisotopic (exact) mass is 655 g/mol. The average molecular weight is 656 g/mol. The van der Waals surface area contributed by atoms with Gasteiger partial charge in [0.1, 0.15) is 34.7 Å². The average Bonchev–Trinajstić information content (AvgIpc) is 3.72. The molecule has 0 saturated carbocycles. The van der Waals surface area contributed by atoms with Gasteiger partial charge in [-0.2, -0.15) is 0 Å². The molecule has 0 fully saturated rings. The standard InChI is InChI=1S/C46H29N3O2/c1-2-12-28(13-3-1)43-47-44(49-45(48-43)30-22-24-34-33-16-6-10-20-39(33)50-42(34)27-30)29-23-25-41-38(26-29)46(37-19-9-11-21-40(37)51-41)35-17-7-4-14-31(35)32-15-5-8-18-36(32)46/h1-27,43H,(H,47,48,49). The molecule has 240 valence electrons. The van der Waals surface area contributed by atoms with Crippen molar-refractivity contribution in [1.29, 1.82) is 0 Å². The number of amidine groups is 2. The molecule has 8 aromatic rings. The first-order valence-corrected chi connectivity index (χ1v) is 17.3. The van der Waals surface area contributed by atoms with Gasteiger partial charge >= 0.3 is 0 Å². The minimum absolute atomic E-state index is 0.338. The molecule has 5 heteroatoms. The number of hydrogen-bond acceptors (Lipinski definition) is 5. The first-order valence-electron chi connectivity index (χ1n) is 17.3. The Balaban J connectivity index is 1.11. The zero-order valence-electron chi connectivity index (χ0n) is 27.4. The van der Waals surface area contributed by atoms with Crippen LogP contribution >= 0.6 is 0 Å². The van der Waals surface area contributed by atoms with Crippen molar-refractivity contribution in [3.05, 3.63) is 203 Å². The highest BCUT2D eigenvalue weighted by molar-refractivity contribution is 6.15. The van der Waals surface area contributed by atoms with Gasteiger partial charge in [0.05, 0.1) is 5.41 Å². The molecule has 3 heterocycles. The summed E-state index contributed by atoms with van der Waals surface area (Å²) in [6.07, 6.45) is -0.338. The summed E-state index contributed by atoms with van der Waals surface area (Å²) in [6, 6.07) is 57.2. The van der Waals surface area contributed by atoms with Gasteiger partial charge in [-0.1, -0.05) is 121 Å². The van der Waals surface area contributed by atoms with Crippen LogP contribution in [0.15, 0.2) is 178 Å². The maximum atomic E-state index is 6.69. The Morgan fingerprint density at radius 2 is 1.16 bits per heavy atom. The van der Waals surface area contributed by atoms with Gasteiger partial charge in [-0.25, -0.2) is 9.98 Å². The Morgan fingerprint density at radius 3 is 1.98 bits per heavy atom. The minimum atomic E-state index is -0.565. The second kappa shape index (κ2) is 10.6. The fourth-order valence-corrected chi connectivity index (χ4v) is 8.40. The minimum Gasteiger partial charge on any atom is -0.457 e. The number of ether oxygens (including phenoxy) is 1. The van der Waals surface area contributed by atoms with E-state index in [1.165, 1.54) is 22.3 Å². The van der Waals surface area contributed by atoms with Crippen molar-refractivity contribution < 1.29 is 9.15 Å². The van der Waals surface area contributed by atoms with Crippen LogP contribution in [0.25, 0.3) is 33.1 Å². The Morgan fingerprint density at radius 1 is 0.510 bits per heavy atom. The summed E-state index contributed by atoms with van der Waals surface area (Å²) >= 11 is 0. The zero-order chi connectivity index (χ0) is 33.5. The van der Waals surface area contributed by atoms with Crippen LogP contribution in [0.1, 0.15) is 45.1 Å². The third-order valence-corrected chi connectivity index (χ3v) is 10.6. The van der Waals surface area contributed by atoms with Crippen LogP contribution in [0.3, 0.4) is 0 Å². The smallest absolute Gasteiger partial charge is 0.159 e. The number of hydrogen-bond donors (Lipinski definition) is 1. The van der Waals surface area contributed by atoms with E-state index in [4.69, 9.17) is 19.1 Å². The highest BCUT2D eigenvalue weighted by Gasteiger charge is 2.51. The predicted molar refractivity (Wildman–Crippen MR) is 203 cm³/mol. The Labute approximate surface area is 294 Å². The van der Waals surface area contributed by atoms with Crippen molar-refractivity contribution in [3.63, 3.8) is 0 Å². The van der Waals surface area contributed by atoms with Gasteiger partial charge in [0.25, 0.3) is 0 Å². The van der Waals surface area contributed by atoms with Crippen molar-refractivity contribution >= 4 is 33.6 Å². The van der Waals surface area contributed by atoms with Crippen molar-refractivity contribution in [2.24, 2.45) is 9.98 Å². The molecular weight excluding hydrogens is 627 g/mol. The van der Waals surface area contributed by atoms with E-state index >= 15 is 0 Å². The lowest BCUT2D eigenvalue weighted by Crippen LogP contribution is -2.35. The van der Waals surface area contributed by atoms with Crippen LogP contribution in [0.4, 0.5) is 0 Å². The van der Waals surface area contributed by atoms with E-state index < -0.39 is 5.41 Å². The Hall–Kier alpha value is -6.72. The van der Waals surface area contributed by atoms with E-state index in [1.807, 2.05) is 42.5 Å². The number of furan rings is 1. The summed E-state index contributed by atoms with van der Waals surface area (Å²) in [5, 5.41) is 5.86. The lowest BCUT2D eigenvalue weighted by Gasteiger charge is -2.39. The Kier molecular flexibility index (Phi) is 5.87. The van der Waals surface area contributed by atoms with Crippen LogP contribution < -0.4 is 10.1 Å². The molecule has 0 bridgehead atoms. The van der Waals surface area contributed by atoms with E-state index in [0.29, 0.717) is 5.84 Å². The second-order valence-electron chi connectivity index (χ2n) is 13.3. The van der Waals surface area contributed by atoms with E-state index in [9.17, 15) is 0 Å². The highest BCUT2D eigenvalue weighted by Crippen LogP contribution is 2.62. The van der Waals surface area contributed by atoms with Gasteiger partial charge in [-0.3, -0.25) is 0 Å². The van der Waals surface area contributed by atoms with Crippen LogP contribution in [-0.2, 0) is 5.41 Å². The summed E-state index contributed by atoms with van der Waals surface area (Å²) in [5.41, 5.74) is 11.2. The molecule has 0 saturated heterocycles. The third-order valence-electron chi connectivity index (χ3n) is 10.6. The maximum absolute atomic E-state index is 6.69. The summed E-state index contributed by atoms with van der Waals surface area (Å²) < 4.78 is 13.0. The van der Waals surface area contributed by atoms with Crippen molar-refractivity contribution in [3.8, 4) is 22.6 Å². The number of aliphatic imine (C=N–C) groups is 2. The predicted octanol–water partition coefficient (Wildman–Crippen LogP) is 10.6. The number of nitrogens with zero attached hydrogens (tertiary/aromatic N) is 2. The lowest BCUT2D eigenvalue weighted by atomic mass is 9.66. The summed E-state index contributed by atoms with van der Waals surface area (Å²) in [7, 11) is 0. The molecule has 1 aliphatic carbocycles. The topological polar surface area (TPSA) is 59.1 Å². The van der Waals surface area contributed by atoms with E-state index in [2.05, 4.69) is 127 Å². The molecule has 3 aliphatic rings. The van der Waals surface area contributed by atoms with Crippen LogP contribution in [0, 0.1) is 0 Å². The molecule has 1 aromatic heterocycles. The van der Waals surface area contributed by atoms with Crippen LogP contribution in [0.5, 0.6) is 11.5 Å². The van der Waals surface area contributed by atoms with Gasteiger partial charge in [-0.15, -0.1) is 0 Å². The van der Waals surface area contributed by atoms with Gasteiger partial charge in [0, 0.05) is 33.0 Å². The van der Waals surface area contributed by atoms with Gasteiger partial charge in [0.2, 0.25) is 0 Å². The molecule has 0 amide bonds.